The van der Waals surface area contributed by atoms with Crippen molar-refractivity contribution in [2.75, 3.05) is 6.61 Å². The van der Waals surface area contributed by atoms with E-state index in [1.165, 1.54) is 18.2 Å². The predicted octanol–water partition coefficient (Wildman–Crippen LogP) is 3.23. The molecule has 0 fully saturated rings. The number of hydrazone groups is 1. The third kappa shape index (κ3) is 5.14. The van der Waals surface area contributed by atoms with Gasteiger partial charge >= 0.3 is 6.18 Å². The molecule has 0 radical (unpaired) electrons. The van der Waals surface area contributed by atoms with Gasteiger partial charge in [-0.3, -0.25) is 4.79 Å². The molecule has 0 saturated heterocycles. The number of alkyl halides is 3. The fourth-order valence-electron chi connectivity index (χ4n) is 1.74. The summed E-state index contributed by atoms with van der Waals surface area (Å²) < 4.78 is 43.5. The lowest BCUT2D eigenvalue weighted by Gasteiger charge is -2.09. The van der Waals surface area contributed by atoms with E-state index in [-0.39, 0.29) is 12.2 Å². The van der Waals surface area contributed by atoms with Crippen LogP contribution in [0.15, 0.2) is 59.7 Å². The Morgan fingerprint density at radius 2 is 1.74 bits per heavy atom. The first-order chi connectivity index (χ1) is 11.0. The first kappa shape index (κ1) is 16.5. The predicted molar refractivity (Wildman–Crippen MR) is 79.1 cm³/mol. The van der Waals surface area contributed by atoms with Crippen LogP contribution in [0, 0.1) is 0 Å². The second-order valence-corrected chi connectivity index (χ2v) is 4.48. The molecule has 2 aromatic rings. The van der Waals surface area contributed by atoms with E-state index in [2.05, 4.69) is 10.5 Å². The Bertz CT molecular complexity index is 685. The Morgan fingerprint density at radius 1 is 1.09 bits per heavy atom. The molecular formula is C16H13F3N2O2. The van der Waals surface area contributed by atoms with Crippen LogP contribution in [0.25, 0.3) is 0 Å². The maximum absolute atomic E-state index is 12.8. The number of ether oxygens (including phenoxy) is 1. The summed E-state index contributed by atoms with van der Waals surface area (Å²) in [6.45, 7) is -0.289. The summed E-state index contributed by atoms with van der Waals surface area (Å²) >= 11 is 0. The van der Waals surface area contributed by atoms with Crippen molar-refractivity contribution in [3.63, 3.8) is 0 Å². The van der Waals surface area contributed by atoms with Crippen molar-refractivity contribution >= 4 is 12.1 Å². The number of halogens is 3. The zero-order valence-electron chi connectivity index (χ0n) is 11.9. The molecule has 0 atom stereocenters. The third-order valence-corrected chi connectivity index (χ3v) is 2.77. The van der Waals surface area contributed by atoms with Gasteiger partial charge in [0.05, 0.1) is 11.8 Å². The Morgan fingerprint density at radius 3 is 2.43 bits per heavy atom. The lowest BCUT2D eigenvalue weighted by molar-refractivity contribution is -0.137. The van der Waals surface area contributed by atoms with Gasteiger partial charge in [-0.1, -0.05) is 36.4 Å². The van der Waals surface area contributed by atoms with Gasteiger partial charge in [0.2, 0.25) is 0 Å². The summed E-state index contributed by atoms with van der Waals surface area (Å²) in [7, 11) is 0. The molecule has 0 aliphatic heterocycles. The molecule has 0 unspecified atom stereocenters. The first-order valence-corrected chi connectivity index (χ1v) is 6.63. The smallest absolute Gasteiger partial charge is 0.417 e. The molecule has 0 saturated carbocycles. The topological polar surface area (TPSA) is 50.7 Å². The SMILES string of the molecule is O=C(COc1ccccc1)N/N=C/c1ccccc1C(F)(F)F. The van der Waals surface area contributed by atoms with Gasteiger partial charge in [0.15, 0.2) is 6.61 Å². The van der Waals surface area contributed by atoms with E-state index >= 15 is 0 Å². The Labute approximate surface area is 130 Å². The molecule has 120 valence electrons. The third-order valence-electron chi connectivity index (χ3n) is 2.77. The van der Waals surface area contributed by atoms with Crippen molar-refractivity contribution in [1.29, 1.82) is 0 Å². The normalized spacial score (nSPS) is 11.4. The van der Waals surface area contributed by atoms with Gasteiger partial charge in [0.25, 0.3) is 5.91 Å². The number of amides is 1. The fraction of sp³-hybridized carbons (Fsp3) is 0.125. The van der Waals surface area contributed by atoms with Gasteiger partial charge in [0.1, 0.15) is 5.75 Å². The monoisotopic (exact) mass is 322 g/mol. The summed E-state index contributed by atoms with van der Waals surface area (Å²) in [4.78, 5) is 11.5. The van der Waals surface area contributed by atoms with Crippen molar-refractivity contribution in [3.8, 4) is 5.75 Å². The average molecular weight is 322 g/mol. The Kier molecular flexibility index (Phi) is 5.35. The molecule has 0 aromatic heterocycles. The zero-order valence-corrected chi connectivity index (χ0v) is 11.9. The van der Waals surface area contributed by atoms with Gasteiger partial charge < -0.3 is 4.74 Å². The van der Waals surface area contributed by atoms with Crippen LogP contribution in [-0.4, -0.2) is 18.7 Å². The summed E-state index contributed by atoms with van der Waals surface area (Å²) in [5.41, 5.74) is 1.16. The number of benzene rings is 2. The second-order valence-electron chi connectivity index (χ2n) is 4.48. The van der Waals surface area contributed by atoms with Crippen molar-refractivity contribution in [2.24, 2.45) is 5.10 Å². The average Bonchev–Trinajstić information content (AvgIpc) is 2.53. The van der Waals surface area contributed by atoms with Gasteiger partial charge in [-0.15, -0.1) is 0 Å². The summed E-state index contributed by atoms with van der Waals surface area (Å²) in [6, 6.07) is 13.6. The van der Waals surface area contributed by atoms with E-state index in [9.17, 15) is 18.0 Å². The number of nitrogens with one attached hydrogen (secondary N) is 1. The maximum atomic E-state index is 12.8. The molecule has 0 aliphatic rings. The number of hydrogen-bond donors (Lipinski definition) is 1. The molecule has 2 rings (SSSR count). The molecule has 2 aromatic carbocycles. The van der Waals surface area contributed by atoms with Gasteiger partial charge in [-0.05, 0) is 18.2 Å². The van der Waals surface area contributed by atoms with E-state index in [1.807, 2.05) is 0 Å². The van der Waals surface area contributed by atoms with Gasteiger partial charge in [0, 0.05) is 5.56 Å². The van der Waals surface area contributed by atoms with Crippen LogP contribution in [0.1, 0.15) is 11.1 Å². The highest BCUT2D eigenvalue weighted by Gasteiger charge is 2.32. The Hall–Kier alpha value is -2.83. The molecule has 0 heterocycles. The minimum Gasteiger partial charge on any atom is -0.484 e. The van der Waals surface area contributed by atoms with Crippen molar-refractivity contribution < 1.29 is 22.7 Å². The number of hydrogen-bond acceptors (Lipinski definition) is 3. The van der Waals surface area contributed by atoms with Gasteiger partial charge in [-0.2, -0.15) is 18.3 Å². The maximum Gasteiger partial charge on any atom is 0.417 e. The van der Waals surface area contributed by atoms with Crippen LogP contribution in [0.5, 0.6) is 5.75 Å². The van der Waals surface area contributed by atoms with E-state index in [0.717, 1.165) is 12.3 Å². The molecule has 4 nitrogen and oxygen atoms in total. The fourth-order valence-corrected chi connectivity index (χ4v) is 1.74. The van der Waals surface area contributed by atoms with Crippen LogP contribution in [0.2, 0.25) is 0 Å². The lowest BCUT2D eigenvalue weighted by atomic mass is 10.1. The molecule has 23 heavy (non-hydrogen) atoms. The highest BCUT2D eigenvalue weighted by Crippen LogP contribution is 2.30. The molecular weight excluding hydrogens is 309 g/mol. The molecule has 1 N–H and O–H groups in total. The highest BCUT2D eigenvalue weighted by molar-refractivity contribution is 5.84. The van der Waals surface area contributed by atoms with E-state index in [0.29, 0.717) is 5.75 Å². The number of rotatable bonds is 5. The minimum atomic E-state index is -4.48. The van der Waals surface area contributed by atoms with Crippen LogP contribution in [0.4, 0.5) is 13.2 Å². The van der Waals surface area contributed by atoms with Crippen LogP contribution in [0.3, 0.4) is 0 Å². The molecule has 0 bridgehead atoms. The lowest BCUT2D eigenvalue weighted by Crippen LogP contribution is -2.24. The van der Waals surface area contributed by atoms with Crippen LogP contribution in [-0.2, 0) is 11.0 Å². The van der Waals surface area contributed by atoms with E-state index < -0.39 is 17.6 Å². The number of para-hydroxylation sites is 1. The summed E-state index contributed by atoms with van der Waals surface area (Å²) in [6.07, 6.45) is -3.54. The quantitative estimate of drug-likeness (QED) is 0.679. The van der Waals surface area contributed by atoms with E-state index in [4.69, 9.17) is 4.74 Å². The minimum absolute atomic E-state index is 0.135. The van der Waals surface area contributed by atoms with Crippen molar-refractivity contribution in [3.05, 3.63) is 65.7 Å². The molecule has 0 aliphatic carbocycles. The number of nitrogens with zero attached hydrogens (tertiary/aromatic N) is 1. The van der Waals surface area contributed by atoms with Gasteiger partial charge in [-0.25, -0.2) is 5.43 Å². The summed E-state index contributed by atoms with van der Waals surface area (Å²) in [5, 5.41) is 3.52. The highest BCUT2D eigenvalue weighted by atomic mass is 19.4. The zero-order chi connectivity index (χ0) is 16.7. The largest absolute Gasteiger partial charge is 0.484 e. The number of carbonyl (C=O) groups excluding carboxylic acids is 1. The van der Waals surface area contributed by atoms with Crippen molar-refractivity contribution in [2.45, 2.75) is 6.18 Å². The molecule has 7 heteroatoms. The van der Waals surface area contributed by atoms with Crippen LogP contribution < -0.4 is 10.2 Å². The molecule has 0 spiro atoms. The Balaban J connectivity index is 1.91. The van der Waals surface area contributed by atoms with Crippen molar-refractivity contribution in [1.82, 2.24) is 5.43 Å². The van der Waals surface area contributed by atoms with E-state index in [1.54, 1.807) is 30.3 Å². The summed E-state index contributed by atoms with van der Waals surface area (Å²) in [5.74, 6) is -0.0661. The standard InChI is InChI=1S/C16H13F3N2O2/c17-16(18,19)14-9-5-4-6-12(14)10-20-21-15(22)11-23-13-7-2-1-3-8-13/h1-10H,11H2,(H,21,22)/b20-10+. The molecule has 1 amide bonds. The van der Waals surface area contributed by atoms with Crippen LogP contribution >= 0.6 is 0 Å². The first-order valence-electron chi connectivity index (χ1n) is 6.63. The second kappa shape index (κ2) is 7.44. The number of carbonyl (C=O) groups is 1.